The molecule has 6 heteroatoms. The van der Waals surface area contributed by atoms with Crippen LogP contribution in [0.4, 0.5) is 0 Å². The van der Waals surface area contributed by atoms with Gasteiger partial charge in [0.05, 0.1) is 17.9 Å². The van der Waals surface area contributed by atoms with E-state index in [1.807, 2.05) is 66.9 Å². The van der Waals surface area contributed by atoms with Gasteiger partial charge in [-0.25, -0.2) is 4.98 Å². The Morgan fingerprint density at radius 2 is 1.75 bits per heavy atom. The molecule has 0 fully saturated rings. The van der Waals surface area contributed by atoms with Gasteiger partial charge < -0.3 is 20.1 Å². The fourth-order valence-corrected chi connectivity index (χ4v) is 3.89. The number of benzene rings is 2. The summed E-state index contributed by atoms with van der Waals surface area (Å²) in [6.07, 6.45) is 5.85. The molecular formula is C26H28N4O2. The monoisotopic (exact) mass is 428 g/mol. The van der Waals surface area contributed by atoms with Crippen molar-refractivity contribution in [2.24, 2.45) is 0 Å². The van der Waals surface area contributed by atoms with Gasteiger partial charge in [-0.3, -0.25) is 4.79 Å². The number of carbonyl (C=O) groups excluding carboxylic acids is 2. The molecule has 0 aliphatic carbocycles. The van der Waals surface area contributed by atoms with E-state index >= 15 is 0 Å². The number of aromatic amines is 2. The summed E-state index contributed by atoms with van der Waals surface area (Å²) in [5, 5.41) is 4.15. The molecule has 0 saturated carbocycles. The molecule has 6 nitrogen and oxygen atoms in total. The zero-order chi connectivity index (χ0) is 22.3. The number of carbonyl (C=O) groups is 2. The van der Waals surface area contributed by atoms with Gasteiger partial charge in [-0.15, -0.1) is 0 Å². The number of ketones is 1. The maximum Gasteiger partial charge on any atom is 0.268 e. The van der Waals surface area contributed by atoms with Crippen molar-refractivity contribution in [3.8, 4) is 11.3 Å². The Labute approximate surface area is 187 Å². The second kappa shape index (κ2) is 10.1. The van der Waals surface area contributed by atoms with E-state index in [0.29, 0.717) is 12.1 Å². The van der Waals surface area contributed by atoms with Crippen molar-refractivity contribution in [3.63, 3.8) is 0 Å². The van der Waals surface area contributed by atoms with Crippen LogP contribution in [0.25, 0.3) is 22.2 Å². The number of para-hydroxylation sites is 1. The average molecular weight is 429 g/mol. The highest BCUT2D eigenvalue weighted by Crippen LogP contribution is 2.23. The van der Waals surface area contributed by atoms with Gasteiger partial charge in [-0.05, 0) is 37.5 Å². The van der Waals surface area contributed by atoms with Crippen LogP contribution in [-0.2, 0) is 4.79 Å². The number of nitrogens with zero attached hydrogens (tertiary/aromatic N) is 1. The van der Waals surface area contributed by atoms with Gasteiger partial charge in [0.2, 0.25) is 0 Å². The number of H-pyrrole nitrogens is 2. The quantitative estimate of drug-likeness (QED) is 0.288. The summed E-state index contributed by atoms with van der Waals surface area (Å²) < 4.78 is 0. The third-order valence-electron chi connectivity index (χ3n) is 5.61. The Hall–Kier alpha value is -3.67. The number of fused-ring (bicyclic) bond motifs is 1. The van der Waals surface area contributed by atoms with Crippen LogP contribution in [0.15, 0.2) is 66.9 Å². The second-order valence-electron chi connectivity index (χ2n) is 8.15. The highest BCUT2D eigenvalue weighted by Gasteiger charge is 2.20. The van der Waals surface area contributed by atoms with Crippen molar-refractivity contribution in [2.45, 2.75) is 45.1 Å². The summed E-state index contributed by atoms with van der Waals surface area (Å²) >= 11 is 0. The fourth-order valence-electron chi connectivity index (χ4n) is 3.89. The fraction of sp³-hybridized carbons (Fsp3) is 0.269. The number of rotatable bonds is 10. The van der Waals surface area contributed by atoms with E-state index in [0.717, 1.165) is 53.7 Å². The molecule has 3 N–H and O–H groups in total. The summed E-state index contributed by atoms with van der Waals surface area (Å²) in [6.45, 7) is 1.62. The largest absolute Gasteiger partial charge is 0.351 e. The lowest BCUT2D eigenvalue weighted by Crippen LogP contribution is -2.29. The first kappa shape index (κ1) is 21.6. The van der Waals surface area contributed by atoms with Gasteiger partial charge in [0, 0.05) is 17.3 Å². The Morgan fingerprint density at radius 3 is 2.53 bits per heavy atom. The zero-order valence-corrected chi connectivity index (χ0v) is 18.2. The minimum atomic E-state index is -0.247. The highest BCUT2D eigenvalue weighted by atomic mass is 16.2. The van der Waals surface area contributed by atoms with Crippen LogP contribution in [0, 0.1) is 0 Å². The van der Waals surface area contributed by atoms with Gasteiger partial charge >= 0.3 is 0 Å². The van der Waals surface area contributed by atoms with E-state index in [1.165, 1.54) is 0 Å². The maximum absolute atomic E-state index is 13.0. The Bertz CT molecular complexity index is 1160. The summed E-state index contributed by atoms with van der Waals surface area (Å²) in [5.74, 6) is 0.791. The van der Waals surface area contributed by atoms with Gasteiger partial charge in [0.15, 0.2) is 0 Å². The number of aromatic nitrogens is 3. The molecule has 2 heterocycles. The van der Waals surface area contributed by atoms with Crippen molar-refractivity contribution in [3.05, 3.63) is 78.4 Å². The highest BCUT2D eigenvalue weighted by molar-refractivity contribution is 5.98. The SMILES string of the molecule is CC(=O)CCCCC[C@H](NC(=O)c1cc2ccccc2[nH]1)c1ncc(-c2ccccc2)[nH]1. The van der Waals surface area contributed by atoms with E-state index in [1.54, 1.807) is 6.92 Å². The molecule has 2 aromatic carbocycles. The van der Waals surface area contributed by atoms with Crippen molar-refractivity contribution in [1.82, 2.24) is 20.3 Å². The van der Waals surface area contributed by atoms with Crippen LogP contribution >= 0.6 is 0 Å². The lowest BCUT2D eigenvalue weighted by molar-refractivity contribution is -0.117. The number of amides is 1. The molecule has 4 aromatic rings. The van der Waals surface area contributed by atoms with E-state index in [-0.39, 0.29) is 17.7 Å². The van der Waals surface area contributed by atoms with Crippen molar-refractivity contribution < 1.29 is 9.59 Å². The van der Waals surface area contributed by atoms with E-state index in [4.69, 9.17) is 0 Å². The number of hydrogen-bond donors (Lipinski definition) is 3. The topological polar surface area (TPSA) is 90.6 Å². The normalized spacial score (nSPS) is 12.0. The molecule has 1 atom stereocenters. The smallest absolute Gasteiger partial charge is 0.268 e. The molecular weight excluding hydrogens is 400 g/mol. The first-order valence-electron chi connectivity index (χ1n) is 11.1. The van der Waals surface area contributed by atoms with Crippen LogP contribution in [0.3, 0.4) is 0 Å². The Balaban J connectivity index is 1.50. The van der Waals surface area contributed by atoms with E-state index in [9.17, 15) is 9.59 Å². The lowest BCUT2D eigenvalue weighted by Gasteiger charge is -2.16. The van der Waals surface area contributed by atoms with Crippen LogP contribution < -0.4 is 5.32 Å². The predicted molar refractivity (Wildman–Crippen MR) is 126 cm³/mol. The molecule has 32 heavy (non-hydrogen) atoms. The minimum absolute atomic E-state index is 0.160. The molecule has 1 amide bonds. The summed E-state index contributed by atoms with van der Waals surface area (Å²) in [7, 11) is 0. The molecule has 0 aliphatic rings. The summed E-state index contributed by atoms with van der Waals surface area (Å²) in [6, 6.07) is 19.5. The Kier molecular flexibility index (Phi) is 6.80. The summed E-state index contributed by atoms with van der Waals surface area (Å²) in [4.78, 5) is 35.4. The molecule has 0 spiro atoms. The van der Waals surface area contributed by atoms with Crippen LogP contribution in [0.1, 0.15) is 61.4 Å². The zero-order valence-electron chi connectivity index (χ0n) is 18.2. The van der Waals surface area contributed by atoms with Gasteiger partial charge in [0.25, 0.3) is 5.91 Å². The molecule has 2 aromatic heterocycles. The number of imidazole rings is 1. The van der Waals surface area contributed by atoms with Gasteiger partial charge in [0.1, 0.15) is 17.3 Å². The van der Waals surface area contributed by atoms with Crippen molar-refractivity contribution >= 4 is 22.6 Å². The standard InChI is InChI=1S/C26H28N4O2/c1-18(31)10-4-2-7-15-22(25-27-17-24(29-25)19-11-5-3-6-12-19)30-26(32)23-16-20-13-8-9-14-21(20)28-23/h3,5-6,8-9,11-14,16-17,22,28H,2,4,7,10,15H2,1H3,(H,27,29)(H,30,32)/t22-/m0/s1. The van der Waals surface area contributed by atoms with E-state index < -0.39 is 0 Å². The molecule has 0 bridgehead atoms. The molecule has 0 saturated heterocycles. The second-order valence-corrected chi connectivity index (χ2v) is 8.15. The van der Waals surface area contributed by atoms with Crippen molar-refractivity contribution in [1.29, 1.82) is 0 Å². The number of hydrogen-bond acceptors (Lipinski definition) is 3. The maximum atomic E-state index is 13.0. The molecule has 0 unspecified atom stereocenters. The molecule has 0 aliphatic heterocycles. The molecule has 4 rings (SSSR count). The number of unbranched alkanes of at least 4 members (excludes halogenated alkanes) is 2. The first-order valence-corrected chi connectivity index (χ1v) is 11.1. The van der Waals surface area contributed by atoms with E-state index in [2.05, 4.69) is 20.3 Å². The van der Waals surface area contributed by atoms with Crippen molar-refractivity contribution in [2.75, 3.05) is 0 Å². The first-order chi connectivity index (χ1) is 15.6. The van der Waals surface area contributed by atoms with Gasteiger partial charge in [-0.2, -0.15) is 0 Å². The van der Waals surface area contributed by atoms with Crippen LogP contribution in [0.2, 0.25) is 0 Å². The van der Waals surface area contributed by atoms with Crippen LogP contribution in [0.5, 0.6) is 0 Å². The third kappa shape index (κ3) is 5.32. The van der Waals surface area contributed by atoms with Gasteiger partial charge in [-0.1, -0.05) is 61.4 Å². The lowest BCUT2D eigenvalue weighted by atomic mass is 10.1. The molecule has 164 valence electrons. The minimum Gasteiger partial charge on any atom is -0.351 e. The third-order valence-corrected chi connectivity index (χ3v) is 5.61. The number of Topliss-reactive ketones (excluding diaryl/α,β-unsaturated/α-hetero) is 1. The number of nitrogens with one attached hydrogen (secondary N) is 3. The predicted octanol–water partition coefficient (Wildman–Crippen LogP) is 5.57. The summed E-state index contributed by atoms with van der Waals surface area (Å²) in [5.41, 5.74) is 3.43. The van der Waals surface area contributed by atoms with Crippen LogP contribution in [-0.4, -0.2) is 26.6 Å². The molecule has 0 radical (unpaired) electrons. The Morgan fingerprint density at radius 1 is 0.969 bits per heavy atom. The average Bonchev–Trinajstić information content (AvgIpc) is 3.46.